The topological polar surface area (TPSA) is 55.8 Å². The van der Waals surface area contributed by atoms with Crippen molar-refractivity contribution in [1.82, 2.24) is 4.90 Å². The Morgan fingerprint density at radius 2 is 1.53 bits per heavy atom. The van der Waals surface area contributed by atoms with E-state index in [0.717, 1.165) is 30.4 Å². The van der Waals surface area contributed by atoms with E-state index in [0.29, 0.717) is 5.92 Å². The molecule has 1 saturated heterocycles. The summed E-state index contributed by atoms with van der Waals surface area (Å²) in [6.45, 7) is 7.01. The molecule has 38 heavy (non-hydrogen) atoms. The second-order valence-electron chi connectivity index (χ2n) is 11.4. The van der Waals surface area contributed by atoms with Crippen molar-refractivity contribution in [1.29, 1.82) is 0 Å². The minimum Gasteiger partial charge on any atom is -0.460 e. The van der Waals surface area contributed by atoms with Gasteiger partial charge >= 0.3 is 12.1 Å². The van der Waals surface area contributed by atoms with Crippen molar-refractivity contribution >= 4 is 12.1 Å². The van der Waals surface area contributed by atoms with Crippen molar-refractivity contribution in [3.05, 3.63) is 108 Å². The Kier molecular flexibility index (Phi) is 7.55. The summed E-state index contributed by atoms with van der Waals surface area (Å²) in [7, 11) is 0. The molecule has 0 radical (unpaired) electrons. The average Bonchev–Trinajstić information content (AvgIpc) is 3.26. The predicted molar refractivity (Wildman–Crippen MR) is 147 cm³/mol. The fraction of sp³-hybridized carbons (Fsp3) is 0.394. The van der Waals surface area contributed by atoms with Crippen LogP contribution in [0.3, 0.4) is 0 Å². The van der Waals surface area contributed by atoms with Gasteiger partial charge in [-0.25, -0.2) is 9.59 Å². The van der Waals surface area contributed by atoms with Crippen LogP contribution in [-0.2, 0) is 26.2 Å². The van der Waals surface area contributed by atoms with Gasteiger partial charge in [-0.2, -0.15) is 0 Å². The highest BCUT2D eigenvalue weighted by atomic mass is 16.6. The molecule has 1 aliphatic carbocycles. The maximum absolute atomic E-state index is 14.1. The quantitative estimate of drug-likeness (QED) is 0.318. The largest absolute Gasteiger partial charge is 0.460 e. The van der Waals surface area contributed by atoms with Crippen LogP contribution < -0.4 is 0 Å². The van der Waals surface area contributed by atoms with Crippen molar-refractivity contribution < 1.29 is 19.1 Å². The molecule has 0 bridgehead atoms. The van der Waals surface area contributed by atoms with Crippen LogP contribution in [0.1, 0.15) is 62.8 Å². The zero-order chi connectivity index (χ0) is 26.7. The first-order valence-corrected chi connectivity index (χ1v) is 13.7. The molecule has 5 heteroatoms. The summed E-state index contributed by atoms with van der Waals surface area (Å²) >= 11 is 0. The average molecular weight is 512 g/mol. The third-order valence-corrected chi connectivity index (χ3v) is 8.42. The van der Waals surface area contributed by atoms with Crippen LogP contribution in [0.15, 0.2) is 91.0 Å². The first-order valence-electron chi connectivity index (χ1n) is 13.7. The molecule has 2 aliphatic rings. The molecule has 198 valence electrons. The van der Waals surface area contributed by atoms with Crippen LogP contribution >= 0.6 is 0 Å². The van der Waals surface area contributed by atoms with E-state index in [2.05, 4.69) is 45.0 Å². The van der Waals surface area contributed by atoms with Gasteiger partial charge in [0, 0.05) is 5.92 Å². The van der Waals surface area contributed by atoms with Gasteiger partial charge in [0.15, 0.2) is 12.1 Å². The Morgan fingerprint density at radius 1 is 0.921 bits per heavy atom. The van der Waals surface area contributed by atoms with Gasteiger partial charge in [0.2, 0.25) is 0 Å². The van der Waals surface area contributed by atoms with E-state index in [9.17, 15) is 9.59 Å². The van der Waals surface area contributed by atoms with Gasteiger partial charge in [0.1, 0.15) is 6.10 Å². The summed E-state index contributed by atoms with van der Waals surface area (Å²) in [6.07, 6.45) is 1.43. The molecule has 0 aromatic heterocycles. The molecular formula is C33H37NO4. The number of amides is 1. The second-order valence-corrected chi connectivity index (χ2v) is 11.4. The second kappa shape index (κ2) is 11.0. The Hall–Kier alpha value is -3.60. The maximum Gasteiger partial charge on any atom is 0.411 e. The number of benzene rings is 3. The third-order valence-electron chi connectivity index (χ3n) is 8.42. The van der Waals surface area contributed by atoms with Crippen molar-refractivity contribution in [3.63, 3.8) is 0 Å². The molecule has 1 saturated carbocycles. The van der Waals surface area contributed by atoms with E-state index in [-0.39, 0.29) is 24.0 Å². The molecule has 2 fully saturated rings. The smallest absolute Gasteiger partial charge is 0.411 e. The van der Waals surface area contributed by atoms with Gasteiger partial charge < -0.3 is 9.47 Å². The molecule has 3 aromatic rings. The van der Waals surface area contributed by atoms with Crippen LogP contribution in [0, 0.1) is 11.8 Å². The van der Waals surface area contributed by atoms with Crippen molar-refractivity contribution in [2.75, 3.05) is 0 Å². The van der Waals surface area contributed by atoms with E-state index in [1.165, 1.54) is 10.5 Å². The zero-order valence-corrected chi connectivity index (χ0v) is 22.5. The van der Waals surface area contributed by atoms with Crippen LogP contribution in [0.25, 0.3) is 0 Å². The lowest BCUT2D eigenvalue weighted by Crippen LogP contribution is -2.47. The van der Waals surface area contributed by atoms with Crippen molar-refractivity contribution in [2.24, 2.45) is 11.8 Å². The molecule has 3 aromatic carbocycles. The molecule has 5 rings (SSSR count). The van der Waals surface area contributed by atoms with Gasteiger partial charge in [-0.3, -0.25) is 4.90 Å². The highest BCUT2D eigenvalue weighted by Gasteiger charge is 2.50. The number of cyclic esters (lactones) is 1. The fourth-order valence-corrected chi connectivity index (χ4v) is 6.19. The van der Waals surface area contributed by atoms with Crippen LogP contribution in [0.2, 0.25) is 0 Å². The van der Waals surface area contributed by atoms with Crippen LogP contribution in [0.5, 0.6) is 0 Å². The molecule has 5 nitrogen and oxygen atoms in total. The van der Waals surface area contributed by atoms with Crippen molar-refractivity contribution in [2.45, 2.75) is 70.2 Å². The Bertz CT molecular complexity index is 1230. The number of ether oxygens (including phenoxy) is 2. The van der Waals surface area contributed by atoms with E-state index in [1.54, 1.807) is 0 Å². The highest BCUT2D eigenvalue weighted by Crippen LogP contribution is 2.44. The molecule has 5 unspecified atom stereocenters. The zero-order valence-electron chi connectivity index (χ0n) is 22.5. The summed E-state index contributed by atoms with van der Waals surface area (Å²) < 4.78 is 12.2. The number of carbonyl (C=O) groups excluding carboxylic acids is 2. The lowest BCUT2D eigenvalue weighted by molar-refractivity contribution is -0.163. The summed E-state index contributed by atoms with van der Waals surface area (Å²) in [6, 6.07) is 28.8. The summed E-state index contributed by atoms with van der Waals surface area (Å²) in [4.78, 5) is 28.7. The van der Waals surface area contributed by atoms with Crippen LogP contribution in [0.4, 0.5) is 4.79 Å². The third kappa shape index (κ3) is 5.33. The first kappa shape index (κ1) is 26.0. The molecular weight excluding hydrogens is 474 g/mol. The van der Waals surface area contributed by atoms with Gasteiger partial charge in [-0.1, -0.05) is 118 Å². The normalized spacial score (nSPS) is 25.6. The number of hydrogen-bond donors (Lipinski definition) is 0. The molecule has 0 spiro atoms. The number of hydrogen-bond acceptors (Lipinski definition) is 4. The van der Waals surface area contributed by atoms with Gasteiger partial charge in [-0.15, -0.1) is 0 Å². The minimum atomic E-state index is -0.858. The Balaban J connectivity index is 1.44. The molecule has 0 N–H and O–H groups in total. The van der Waals surface area contributed by atoms with Gasteiger partial charge in [-0.05, 0) is 40.9 Å². The van der Waals surface area contributed by atoms with E-state index >= 15 is 0 Å². The molecule has 1 amide bonds. The SMILES string of the molecule is CC1CCC(C(C)(C)c2ccccc2)C(OC(=O)C2C(c3ccccc3)OC(=O)N2Cc2ccccc2)C1. The first-order chi connectivity index (χ1) is 18.3. The lowest BCUT2D eigenvalue weighted by Gasteiger charge is -2.44. The Morgan fingerprint density at radius 3 is 2.18 bits per heavy atom. The summed E-state index contributed by atoms with van der Waals surface area (Å²) in [5, 5.41) is 0. The summed E-state index contributed by atoms with van der Waals surface area (Å²) in [5.41, 5.74) is 2.80. The van der Waals surface area contributed by atoms with E-state index < -0.39 is 24.2 Å². The van der Waals surface area contributed by atoms with Gasteiger partial charge in [0.25, 0.3) is 0 Å². The minimum absolute atomic E-state index is 0.167. The van der Waals surface area contributed by atoms with E-state index in [1.807, 2.05) is 66.7 Å². The van der Waals surface area contributed by atoms with Crippen molar-refractivity contribution in [3.8, 4) is 0 Å². The number of nitrogens with zero attached hydrogens (tertiary/aromatic N) is 1. The summed E-state index contributed by atoms with van der Waals surface area (Å²) in [5.74, 6) is 0.233. The number of rotatable bonds is 7. The molecule has 1 aliphatic heterocycles. The maximum atomic E-state index is 14.1. The number of esters is 1. The highest BCUT2D eigenvalue weighted by molar-refractivity contribution is 5.85. The standard InChI is InChI=1S/C33H37NO4/c1-23-19-20-27(33(2,3)26-17-11-6-12-18-26)28(21-23)37-31(35)29-30(25-15-9-5-10-16-25)38-32(36)34(29)22-24-13-7-4-8-14-24/h4-18,23,27-30H,19-22H2,1-3H3. The van der Waals surface area contributed by atoms with E-state index in [4.69, 9.17) is 9.47 Å². The Labute approximate surface area is 225 Å². The lowest BCUT2D eigenvalue weighted by atomic mass is 9.64. The number of carbonyl (C=O) groups is 2. The monoisotopic (exact) mass is 511 g/mol. The fourth-order valence-electron chi connectivity index (χ4n) is 6.19. The molecule has 5 atom stereocenters. The predicted octanol–water partition coefficient (Wildman–Crippen LogP) is 7.07. The van der Waals surface area contributed by atoms with Gasteiger partial charge in [0.05, 0.1) is 6.54 Å². The van der Waals surface area contributed by atoms with Crippen LogP contribution in [-0.4, -0.2) is 29.1 Å². The molecule has 1 heterocycles.